The van der Waals surface area contributed by atoms with Gasteiger partial charge in [0.15, 0.2) is 6.10 Å². The normalized spacial score (nSPS) is 13.1. The van der Waals surface area contributed by atoms with E-state index in [9.17, 15) is 19.5 Å². The van der Waals surface area contributed by atoms with Crippen LogP contribution in [0, 0.1) is 0 Å². The number of nitrogens with zero attached hydrogens (tertiary/aromatic N) is 1. The SMILES string of the molecule is CC/C=C/C/C=C/CCCCCCCCCCCCCCCCC(=O)OCC(COCCC(C(=O)[O-])[N+](C)(C)C)OC(=O)CCCCCCCCC/C=C/C/C=C/CCCCCCCCCC. The number of quaternary nitrogens is 1. The molecular formula is C59H107NO7. The third kappa shape index (κ3) is 48.1. The van der Waals surface area contributed by atoms with Gasteiger partial charge in [0.25, 0.3) is 0 Å². The second-order valence-electron chi connectivity index (χ2n) is 20.1. The van der Waals surface area contributed by atoms with Crippen molar-refractivity contribution in [2.45, 2.75) is 270 Å². The summed E-state index contributed by atoms with van der Waals surface area (Å²) in [5.74, 6) is -1.73. The molecule has 0 spiro atoms. The summed E-state index contributed by atoms with van der Waals surface area (Å²) in [5, 5.41) is 11.7. The zero-order valence-electron chi connectivity index (χ0n) is 44.6. The Bertz CT molecular complexity index is 1230. The van der Waals surface area contributed by atoms with E-state index in [0.29, 0.717) is 12.8 Å². The van der Waals surface area contributed by atoms with Gasteiger partial charge in [-0.25, -0.2) is 0 Å². The standard InChI is InChI=1S/C59H107NO7/c1-6-8-10-12-14-16-18-20-22-24-26-28-30-32-34-36-38-40-42-44-46-48-50-58(62)67-55(53-65-52-51-56(59(63)64)60(3,4)5)54-66-57(61)49-47-45-43-41-39-37-35-33-31-29-27-25-23-21-19-17-15-13-11-9-7-2/h9,11,15,17,24,26,30,32,55-56H,6-8,10,12-14,16,18-23,25,27-29,31,33-54H2,1-5H3/b11-9+,17-15+,26-24+,32-30+. The molecule has 67 heavy (non-hydrogen) atoms. The first-order valence-electron chi connectivity index (χ1n) is 28.2. The molecule has 0 radical (unpaired) electrons. The summed E-state index contributed by atoms with van der Waals surface area (Å²) in [6.07, 6.45) is 61.5. The molecule has 0 aromatic carbocycles. The summed E-state index contributed by atoms with van der Waals surface area (Å²) in [4.78, 5) is 37.1. The van der Waals surface area contributed by atoms with Gasteiger partial charge in [0.2, 0.25) is 0 Å². The van der Waals surface area contributed by atoms with Crippen LogP contribution in [0.25, 0.3) is 0 Å². The zero-order valence-corrected chi connectivity index (χ0v) is 44.6. The van der Waals surface area contributed by atoms with Gasteiger partial charge in [-0.3, -0.25) is 9.59 Å². The lowest BCUT2D eigenvalue weighted by atomic mass is 10.0. The summed E-state index contributed by atoms with van der Waals surface area (Å²) in [5.41, 5.74) is 0. The van der Waals surface area contributed by atoms with E-state index in [-0.39, 0.29) is 42.7 Å². The van der Waals surface area contributed by atoms with Crippen molar-refractivity contribution in [1.82, 2.24) is 0 Å². The van der Waals surface area contributed by atoms with E-state index >= 15 is 0 Å². The van der Waals surface area contributed by atoms with E-state index in [0.717, 1.165) is 64.2 Å². The van der Waals surface area contributed by atoms with Gasteiger partial charge in [-0.15, -0.1) is 0 Å². The minimum Gasteiger partial charge on any atom is -0.544 e. The molecule has 0 fully saturated rings. The molecule has 390 valence electrons. The fourth-order valence-corrected chi connectivity index (χ4v) is 8.38. The molecular weight excluding hydrogens is 835 g/mol. The molecule has 0 aromatic rings. The van der Waals surface area contributed by atoms with E-state index in [1.54, 1.807) is 0 Å². The van der Waals surface area contributed by atoms with Gasteiger partial charge in [-0.2, -0.15) is 0 Å². The molecule has 0 aliphatic carbocycles. The van der Waals surface area contributed by atoms with Crippen molar-refractivity contribution in [2.24, 2.45) is 0 Å². The first-order valence-corrected chi connectivity index (χ1v) is 28.2. The molecule has 0 amide bonds. The van der Waals surface area contributed by atoms with Crippen LogP contribution in [0.4, 0.5) is 0 Å². The third-order valence-corrected chi connectivity index (χ3v) is 12.7. The van der Waals surface area contributed by atoms with Crippen LogP contribution in [0.15, 0.2) is 48.6 Å². The maximum Gasteiger partial charge on any atom is 0.306 e. The molecule has 8 nitrogen and oxygen atoms in total. The Morgan fingerprint density at radius 3 is 1.22 bits per heavy atom. The molecule has 0 rings (SSSR count). The summed E-state index contributed by atoms with van der Waals surface area (Å²) in [6, 6.07) is -0.728. The minimum absolute atomic E-state index is 0.0387. The fraction of sp³-hybridized carbons (Fsp3) is 0.814. The van der Waals surface area contributed by atoms with Gasteiger partial charge in [-0.1, -0.05) is 217 Å². The maximum absolute atomic E-state index is 12.8. The molecule has 0 N–H and O–H groups in total. The number of carboxylic acids is 1. The van der Waals surface area contributed by atoms with Crippen LogP contribution in [0.5, 0.6) is 0 Å². The highest BCUT2D eigenvalue weighted by Crippen LogP contribution is 2.16. The number of aliphatic carboxylic acids is 1. The molecule has 0 aliphatic rings. The fourth-order valence-electron chi connectivity index (χ4n) is 8.38. The molecule has 0 aliphatic heterocycles. The topological polar surface area (TPSA) is 102 Å². The van der Waals surface area contributed by atoms with Crippen LogP contribution in [-0.4, -0.2) is 75.5 Å². The monoisotopic (exact) mass is 942 g/mol. The first-order chi connectivity index (χ1) is 32.6. The lowest BCUT2D eigenvalue weighted by Crippen LogP contribution is -2.55. The van der Waals surface area contributed by atoms with Crippen LogP contribution >= 0.6 is 0 Å². The molecule has 2 atom stereocenters. The van der Waals surface area contributed by atoms with Crippen molar-refractivity contribution in [2.75, 3.05) is 41.0 Å². The average Bonchev–Trinajstić information content (AvgIpc) is 3.29. The predicted molar refractivity (Wildman–Crippen MR) is 282 cm³/mol. The predicted octanol–water partition coefficient (Wildman–Crippen LogP) is 15.4. The Morgan fingerprint density at radius 2 is 0.836 bits per heavy atom. The van der Waals surface area contributed by atoms with E-state index in [2.05, 4.69) is 62.5 Å². The molecule has 0 bridgehead atoms. The lowest BCUT2D eigenvalue weighted by molar-refractivity contribution is -0.889. The van der Waals surface area contributed by atoms with Gasteiger partial charge < -0.3 is 28.6 Å². The maximum atomic E-state index is 12.8. The van der Waals surface area contributed by atoms with Gasteiger partial charge in [-0.05, 0) is 70.6 Å². The summed E-state index contributed by atoms with van der Waals surface area (Å²) in [6.45, 7) is 4.59. The summed E-state index contributed by atoms with van der Waals surface area (Å²) < 4.78 is 17.3. The highest BCUT2D eigenvalue weighted by molar-refractivity contribution is 5.70. The molecule has 2 unspecified atom stereocenters. The van der Waals surface area contributed by atoms with Crippen LogP contribution < -0.4 is 5.11 Å². The molecule has 0 aromatic heterocycles. The summed E-state index contributed by atoms with van der Waals surface area (Å²) in [7, 11) is 5.42. The van der Waals surface area contributed by atoms with Crippen molar-refractivity contribution in [3.05, 3.63) is 48.6 Å². The number of carboxylic acid groups (broad SMARTS) is 1. The van der Waals surface area contributed by atoms with E-state index in [4.69, 9.17) is 14.2 Å². The van der Waals surface area contributed by atoms with Crippen LogP contribution in [0.3, 0.4) is 0 Å². The first kappa shape index (κ1) is 64.3. The van der Waals surface area contributed by atoms with Crippen LogP contribution in [-0.2, 0) is 28.6 Å². The Hall–Kier alpha value is -2.71. The average molecular weight is 943 g/mol. The number of hydrogen-bond acceptors (Lipinski definition) is 7. The summed E-state index contributed by atoms with van der Waals surface area (Å²) >= 11 is 0. The Balaban J connectivity index is 4.18. The number of likely N-dealkylation sites (N-methyl/N-ethyl adjacent to an activating group) is 1. The molecule has 0 heterocycles. The number of esters is 2. The zero-order chi connectivity index (χ0) is 49.2. The van der Waals surface area contributed by atoms with Crippen LogP contribution in [0.1, 0.15) is 258 Å². The minimum atomic E-state index is -1.12. The van der Waals surface area contributed by atoms with E-state index < -0.39 is 18.1 Å². The Morgan fingerprint density at radius 1 is 0.463 bits per heavy atom. The quantitative estimate of drug-likeness (QED) is 0.0259. The molecule has 0 saturated carbocycles. The largest absolute Gasteiger partial charge is 0.544 e. The number of hydrogen-bond donors (Lipinski definition) is 0. The highest BCUT2D eigenvalue weighted by atomic mass is 16.6. The van der Waals surface area contributed by atoms with Crippen molar-refractivity contribution in [3.8, 4) is 0 Å². The second-order valence-corrected chi connectivity index (χ2v) is 20.1. The van der Waals surface area contributed by atoms with Crippen LogP contribution in [0.2, 0.25) is 0 Å². The second kappa shape index (κ2) is 49.7. The number of ether oxygens (including phenoxy) is 3. The van der Waals surface area contributed by atoms with Crippen molar-refractivity contribution < 1.29 is 38.2 Å². The van der Waals surface area contributed by atoms with Crippen molar-refractivity contribution in [1.29, 1.82) is 0 Å². The van der Waals surface area contributed by atoms with Crippen molar-refractivity contribution >= 4 is 17.9 Å². The highest BCUT2D eigenvalue weighted by Gasteiger charge is 2.25. The van der Waals surface area contributed by atoms with Gasteiger partial charge in [0.05, 0.1) is 40.3 Å². The van der Waals surface area contributed by atoms with E-state index in [1.807, 2.05) is 21.1 Å². The molecule has 0 saturated heterocycles. The third-order valence-electron chi connectivity index (χ3n) is 12.7. The lowest BCUT2D eigenvalue weighted by Gasteiger charge is -2.34. The number of rotatable bonds is 51. The smallest absolute Gasteiger partial charge is 0.306 e. The number of carbonyl (C=O) groups is 3. The Kier molecular flexibility index (Phi) is 47.7. The van der Waals surface area contributed by atoms with Gasteiger partial charge in [0.1, 0.15) is 12.6 Å². The Labute approximate surface area is 414 Å². The van der Waals surface area contributed by atoms with Gasteiger partial charge in [0, 0.05) is 19.3 Å². The molecule has 8 heteroatoms. The van der Waals surface area contributed by atoms with Crippen molar-refractivity contribution in [3.63, 3.8) is 0 Å². The van der Waals surface area contributed by atoms with Gasteiger partial charge >= 0.3 is 11.9 Å². The van der Waals surface area contributed by atoms with E-state index in [1.165, 1.54) is 161 Å². The number of unbranched alkanes of at least 4 members (excludes halogenated alkanes) is 29. The number of allylic oxidation sites excluding steroid dienone is 8. The number of carbonyl (C=O) groups excluding carboxylic acids is 3.